The van der Waals surface area contributed by atoms with Crippen LogP contribution in [0.1, 0.15) is 4.88 Å². The summed E-state index contributed by atoms with van der Waals surface area (Å²) in [4.78, 5) is -0.0830. The first-order valence-electron chi connectivity index (χ1n) is 5.49. The lowest BCUT2D eigenvalue weighted by Gasteiger charge is -2.08. The van der Waals surface area contributed by atoms with E-state index in [1.807, 2.05) is 0 Å². The summed E-state index contributed by atoms with van der Waals surface area (Å²) in [6, 6.07) is 0.949. The lowest BCUT2D eigenvalue weighted by atomic mass is 10.0. The molecule has 0 fully saturated rings. The minimum atomic E-state index is -2.24. The van der Waals surface area contributed by atoms with Crippen molar-refractivity contribution in [3.63, 3.8) is 0 Å². The third-order valence-electron chi connectivity index (χ3n) is 3.06. The summed E-state index contributed by atoms with van der Waals surface area (Å²) in [5.41, 5.74) is 0. The van der Waals surface area contributed by atoms with Gasteiger partial charge in [0, 0.05) is 15.6 Å². The van der Waals surface area contributed by atoms with Gasteiger partial charge in [-0.05, 0) is 6.07 Å². The van der Waals surface area contributed by atoms with Crippen LogP contribution in [0.2, 0.25) is 0 Å². The first-order chi connectivity index (χ1) is 9.88. The van der Waals surface area contributed by atoms with Gasteiger partial charge in [0.1, 0.15) is 6.67 Å². The topological polar surface area (TPSA) is 0 Å². The third kappa shape index (κ3) is 1.75. The van der Waals surface area contributed by atoms with Crippen LogP contribution in [0.4, 0.5) is 30.7 Å². The van der Waals surface area contributed by atoms with Crippen molar-refractivity contribution in [2.24, 2.45) is 0 Å². The van der Waals surface area contributed by atoms with Crippen molar-refractivity contribution in [3.8, 4) is 0 Å². The summed E-state index contributed by atoms with van der Waals surface area (Å²) >= 11 is 0.482. The van der Waals surface area contributed by atoms with Gasteiger partial charge in [0.05, 0.1) is 10.1 Å². The summed E-state index contributed by atoms with van der Waals surface area (Å²) in [5, 5.41) is -2.69. The van der Waals surface area contributed by atoms with Gasteiger partial charge in [-0.2, -0.15) is 0 Å². The highest BCUT2D eigenvalue weighted by Gasteiger charge is 2.28. The predicted molar refractivity (Wildman–Crippen MR) is 63.9 cm³/mol. The molecule has 110 valence electrons. The van der Waals surface area contributed by atoms with Gasteiger partial charge in [0.2, 0.25) is 0 Å². The molecule has 0 radical (unpaired) electrons. The molecule has 0 saturated heterocycles. The summed E-state index contributed by atoms with van der Waals surface area (Å²) in [6.07, 6.45) is 0. The first kappa shape index (κ1) is 14.1. The van der Waals surface area contributed by atoms with Crippen molar-refractivity contribution in [1.29, 1.82) is 0 Å². The molecule has 0 saturated carbocycles. The molecule has 0 atom stereocenters. The average Bonchev–Trinajstić information content (AvgIpc) is 2.90. The Labute approximate surface area is 116 Å². The van der Waals surface area contributed by atoms with Gasteiger partial charge in [0.15, 0.2) is 34.9 Å². The fourth-order valence-corrected chi connectivity index (χ4v) is 3.10. The van der Waals surface area contributed by atoms with Crippen LogP contribution >= 0.6 is 11.3 Å². The minimum Gasteiger partial charge on any atom is -0.245 e. The average molecular weight is 324 g/mol. The van der Waals surface area contributed by atoms with Gasteiger partial charge >= 0.3 is 0 Å². The highest BCUT2D eigenvalue weighted by atomic mass is 32.1. The van der Waals surface area contributed by atoms with Crippen molar-refractivity contribution in [1.82, 2.24) is 0 Å². The third-order valence-corrected chi connectivity index (χ3v) is 4.16. The Kier molecular flexibility index (Phi) is 3.09. The number of thiophene rings is 1. The maximum atomic E-state index is 13.8. The van der Waals surface area contributed by atoms with Crippen molar-refractivity contribution in [2.75, 3.05) is 0 Å². The number of halogens is 7. The van der Waals surface area contributed by atoms with E-state index in [9.17, 15) is 30.7 Å². The predicted octanol–water partition coefficient (Wildman–Crippen LogP) is 5.36. The summed E-state index contributed by atoms with van der Waals surface area (Å²) < 4.78 is 93.7. The molecule has 0 aliphatic carbocycles. The second-order valence-electron chi connectivity index (χ2n) is 4.22. The van der Waals surface area contributed by atoms with Crippen LogP contribution in [0.3, 0.4) is 0 Å². The second-order valence-corrected chi connectivity index (χ2v) is 5.36. The maximum Gasteiger partial charge on any atom is 0.198 e. The van der Waals surface area contributed by atoms with Crippen molar-refractivity contribution < 1.29 is 30.7 Å². The van der Waals surface area contributed by atoms with E-state index in [1.54, 1.807) is 0 Å². The molecule has 21 heavy (non-hydrogen) atoms. The Morgan fingerprint density at radius 3 is 1.81 bits per heavy atom. The fraction of sp³-hybridized carbons (Fsp3) is 0.0769. The molecular weight excluding hydrogens is 321 g/mol. The zero-order valence-corrected chi connectivity index (χ0v) is 10.7. The van der Waals surface area contributed by atoms with E-state index >= 15 is 0 Å². The summed E-state index contributed by atoms with van der Waals surface area (Å²) in [6.45, 7) is -1.05. The zero-order valence-electron chi connectivity index (χ0n) is 9.84. The second kappa shape index (κ2) is 4.59. The van der Waals surface area contributed by atoms with Crippen LogP contribution in [0.15, 0.2) is 6.07 Å². The Morgan fingerprint density at radius 1 is 0.714 bits per heavy atom. The van der Waals surface area contributed by atoms with E-state index in [2.05, 4.69) is 0 Å². The van der Waals surface area contributed by atoms with Crippen LogP contribution < -0.4 is 0 Å². The molecule has 3 rings (SSSR count). The number of benzene rings is 2. The molecule has 0 amide bonds. The van der Waals surface area contributed by atoms with Crippen molar-refractivity contribution in [3.05, 3.63) is 45.8 Å². The molecule has 0 nitrogen and oxygen atoms in total. The molecule has 1 heterocycles. The normalized spacial score (nSPS) is 11.8. The Morgan fingerprint density at radius 2 is 1.24 bits per heavy atom. The van der Waals surface area contributed by atoms with Gasteiger partial charge in [-0.25, -0.2) is 30.7 Å². The Balaban J connectivity index is 2.70. The fourth-order valence-electron chi connectivity index (χ4n) is 2.16. The van der Waals surface area contributed by atoms with E-state index < -0.39 is 62.4 Å². The van der Waals surface area contributed by atoms with E-state index in [4.69, 9.17) is 0 Å². The lowest BCUT2D eigenvalue weighted by Crippen LogP contribution is -2.01. The summed E-state index contributed by atoms with van der Waals surface area (Å²) in [5.74, 6) is -11.7. The van der Waals surface area contributed by atoms with Crippen LogP contribution in [0, 0.1) is 34.9 Å². The van der Waals surface area contributed by atoms with Gasteiger partial charge in [-0.15, -0.1) is 11.3 Å². The summed E-state index contributed by atoms with van der Waals surface area (Å²) in [7, 11) is 0. The van der Waals surface area contributed by atoms with Crippen molar-refractivity contribution >= 4 is 32.2 Å². The number of rotatable bonds is 1. The van der Waals surface area contributed by atoms with E-state index in [0.29, 0.717) is 11.3 Å². The smallest absolute Gasteiger partial charge is 0.198 e. The Bertz CT molecular complexity index is 897. The van der Waals surface area contributed by atoms with E-state index in [1.165, 1.54) is 0 Å². The van der Waals surface area contributed by atoms with Gasteiger partial charge in [0.25, 0.3) is 0 Å². The minimum absolute atomic E-state index is 0.0830. The molecule has 2 aromatic carbocycles. The molecule has 1 aromatic heterocycles. The number of fused-ring (bicyclic) bond motifs is 3. The van der Waals surface area contributed by atoms with E-state index in [-0.39, 0.29) is 4.88 Å². The lowest BCUT2D eigenvalue weighted by molar-refractivity contribution is 0.415. The standard InChI is InChI=1S/C13H3F7S/c14-2-3-1-4-5-6(9(17)12(20)13(4)21-3)8(16)11(19)10(18)7(5)15/h1H,2H2. The molecule has 0 bridgehead atoms. The number of hydrogen-bond acceptors (Lipinski definition) is 1. The quantitative estimate of drug-likeness (QED) is 0.321. The van der Waals surface area contributed by atoms with Gasteiger partial charge in [-0.3, -0.25) is 0 Å². The molecule has 0 aliphatic heterocycles. The molecule has 3 aromatic rings. The van der Waals surface area contributed by atoms with Gasteiger partial charge in [-0.1, -0.05) is 0 Å². The SMILES string of the molecule is FCc1cc2c(s1)c(F)c(F)c1c(F)c(F)c(F)c(F)c12. The van der Waals surface area contributed by atoms with Crippen molar-refractivity contribution in [2.45, 2.75) is 6.67 Å². The first-order valence-corrected chi connectivity index (χ1v) is 6.31. The van der Waals surface area contributed by atoms with Crippen LogP contribution in [-0.4, -0.2) is 0 Å². The van der Waals surface area contributed by atoms with Crippen LogP contribution in [-0.2, 0) is 6.67 Å². The molecule has 0 spiro atoms. The van der Waals surface area contributed by atoms with Crippen LogP contribution in [0.5, 0.6) is 0 Å². The van der Waals surface area contributed by atoms with E-state index in [0.717, 1.165) is 6.07 Å². The highest BCUT2D eigenvalue weighted by molar-refractivity contribution is 7.19. The number of alkyl halides is 1. The molecule has 0 aliphatic rings. The number of hydrogen-bond donors (Lipinski definition) is 0. The maximum absolute atomic E-state index is 13.8. The zero-order chi connectivity index (χ0) is 15.5. The largest absolute Gasteiger partial charge is 0.245 e. The molecule has 8 heteroatoms. The Hall–Kier alpha value is -1.83. The highest BCUT2D eigenvalue weighted by Crippen LogP contribution is 2.40. The van der Waals surface area contributed by atoms with Crippen LogP contribution in [0.25, 0.3) is 20.9 Å². The monoisotopic (exact) mass is 324 g/mol. The molecular formula is C13H3F7S. The molecule has 0 unspecified atom stereocenters. The van der Waals surface area contributed by atoms with Gasteiger partial charge < -0.3 is 0 Å². The molecule has 0 N–H and O–H groups in total.